The predicted octanol–water partition coefficient (Wildman–Crippen LogP) is 3.90. The molecule has 0 saturated carbocycles. The Balaban J connectivity index is 1.71. The number of urea groups is 1. The average molecular weight is 417 g/mol. The molecule has 2 aromatic rings. The number of nitrogens with zero attached hydrogens (tertiary/aromatic N) is 1. The highest BCUT2D eigenvalue weighted by Gasteiger charge is 2.47. The minimum atomic E-state index is -0.878. The third-order valence-corrected chi connectivity index (χ3v) is 5.28. The second kappa shape index (κ2) is 7.50. The van der Waals surface area contributed by atoms with Gasteiger partial charge in [-0.1, -0.05) is 36.4 Å². The Labute approximate surface area is 161 Å². The molecule has 0 spiro atoms. The largest absolute Gasteiger partial charge is 0.496 e. The fourth-order valence-electron chi connectivity index (χ4n) is 3.09. The highest BCUT2D eigenvalue weighted by atomic mass is 79.9. The molecule has 1 aliphatic rings. The fraction of sp³-hybridized carbons (Fsp3) is 0.300. The van der Waals surface area contributed by atoms with Crippen LogP contribution in [0.4, 0.5) is 4.79 Å². The van der Waals surface area contributed by atoms with Crippen LogP contribution in [-0.4, -0.2) is 29.5 Å². The van der Waals surface area contributed by atoms with E-state index in [1.54, 1.807) is 14.0 Å². The van der Waals surface area contributed by atoms with Gasteiger partial charge in [0.05, 0.1) is 18.1 Å². The lowest BCUT2D eigenvalue weighted by molar-refractivity contribution is -0.131. The smallest absolute Gasteiger partial charge is 0.325 e. The molecule has 3 rings (SSSR count). The Hall–Kier alpha value is -2.34. The Morgan fingerprint density at radius 3 is 2.50 bits per heavy atom. The first kappa shape index (κ1) is 18.5. The molecule has 2 aromatic carbocycles. The molecular weight excluding hydrogens is 396 g/mol. The summed E-state index contributed by atoms with van der Waals surface area (Å²) in [5.74, 6) is 0.518. The van der Waals surface area contributed by atoms with Crippen LogP contribution in [0.1, 0.15) is 24.5 Å². The van der Waals surface area contributed by atoms with E-state index < -0.39 is 5.54 Å². The number of carbonyl (C=O) groups is 2. The number of halogens is 1. The summed E-state index contributed by atoms with van der Waals surface area (Å²) in [7, 11) is 1.59. The van der Waals surface area contributed by atoms with Crippen LogP contribution in [0.2, 0.25) is 0 Å². The number of hydrogen-bond acceptors (Lipinski definition) is 3. The van der Waals surface area contributed by atoms with Crippen LogP contribution in [0, 0.1) is 0 Å². The fourth-order valence-corrected chi connectivity index (χ4v) is 3.68. The summed E-state index contributed by atoms with van der Waals surface area (Å²) in [5, 5.41) is 2.86. The maximum absolute atomic E-state index is 12.9. The number of nitrogens with one attached hydrogen (secondary N) is 1. The summed E-state index contributed by atoms with van der Waals surface area (Å²) in [5.41, 5.74) is 1.12. The molecule has 1 heterocycles. The number of amides is 3. The van der Waals surface area contributed by atoms with E-state index in [0.717, 1.165) is 22.0 Å². The molecule has 0 aromatic heterocycles. The molecule has 26 heavy (non-hydrogen) atoms. The summed E-state index contributed by atoms with van der Waals surface area (Å²) in [6, 6.07) is 15.1. The average Bonchev–Trinajstić information content (AvgIpc) is 2.85. The number of benzene rings is 2. The van der Waals surface area contributed by atoms with Gasteiger partial charge in [-0.2, -0.15) is 0 Å². The zero-order valence-electron chi connectivity index (χ0n) is 14.8. The van der Waals surface area contributed by atoms with Crippen LogP contribution in [-0.2, 0) is 17.8 Å². The van der Waals surface area contributed by atoms with Crippen molar-refractivity contribution in [3.8, 4) is 5.75 Å². The zero-order valence-corrected chi connectivity index (χ0v) is 16.4. The van der Waals surface area contributed by atoms with Gasteiger partial charge in [0.2, 0.25) is 0 Å². The van der Waals surface area contributed by atoms with E-state index in [0.29, 0.717) is 12.2 Å². The van der Waals surface area contributed by atoms with Gasteiger partial charge < -0.3 is 10.1 Å². The summed E-state index contributed by atoms with van der Waals surface area (Å²) in [4.78, 5) is 26.5. The summed E-state index contributed by atoms with van der Waals surface area (Å²) >= 11 is 3.43. The molecule has 5 nitrogen and oxygen atoms in total. The van der Waals surface area contributed by atoms with Gasteiger partial charge in [-0.25, -0.2) is 4.79 Å². The molecule has 136 valence electrons. The molecule has 0 bridgehead atoms. The van der Waals surface area contributed by atoms with Crippen molar-refractivity contribution in [3.05, 3.63) is 64.1 Å². The zero-order chi connectivity index (χ0) is 18.7. The molecule has 0 unspecified atom stereocenters. The van der Waals surface area contributed by atoms with Gasteiger partial charge in [0.25, 0.3) is 5.91 Å². The predicted molar refractivity (Wildman–Crippen MR) is 103 cm³/mol. The van der Waals surface area contributed by atoms with Gasteiger partial charge in [0.1, 0.15) is 11.3 Å². The van der Waals surface area contributed by atoms with Crippen molar-refractivity contribution in [1.82, 2.24) is 10.2 Å². The normalized spacial score (nSPS) is 19.6. The minimum Gasteiger partial charge on any atom is -0.496 e. The molecule has 0 aliphatic carbocycles. The van der Waals surface area contributed by atoms with Crippen molar-refractivity contribution < 1.29 is 14.3 Å². The molecule has 3 amide bonds. The summed E-state index contributed by atoms with van der Waals surface area (Å²) < 4.78 is 6.00. The van der Waals surface area contributed by atoms with Gasteiger partial charge in [0.15, 0.2) is 0 Å². The minimum absolute atomic E-state index is 0.189. The van der Waals surface area contributed by atoms with Crippen molar-refractivity contribution in [2.24, 2.45) is 0 Å². The Kier molecular flexibility index (Phi) is 5.32. The van der Waals surface area contributed by atoms with Crippen LogP contribution in [0.3, 0.4) is 0 Å². The van der Waals surface area contributed by atoms with Crippen molar-refractivity contribution >= 4 is 27.9 Å². The maximum atomic E-state index is 12.9. The Morgan fingerprint density at radius 1 is 1.12 bits per heavy atom. The lowest BCUT2D eigenvalue weighted by Crippen LogP contribution is -2.44. The van der Waals surface area contributed by atoms with Gasteiger partial charge >= 0.3 is 6.03 Å². The third kappa shape index (κ3) is 3.75. The molecule has 0 radical (unpaired) electrons. The van der Waals surface area contributed by atoms with Crippen LogP contribution < -0.4 is 10.1 Å². The molecule has 1 N–H and O–H groups in total. The van der Waals surface area contributed by atoms with Crippen LogP contribution in [0.15, 0.2) is 53.0 Å². The van der Waals surface area contributed by atoms with Crippen molar-refractivity contribution in [2.45, 2.75) is 31.8 Å². The second-order valence-electron chi connectivity index (χ2n) is 6.61. The van der Waals surface area contributed by atoms with Crippen LogP contribution in [0.25, 0.3) is 0 Å². The molecule has 1 saturated heterocycles. The number of rotatable bonds is 6. The van der Waals surface area contributed by atoms with Crippen molar-refractivity contribution in [2.75, 3.05) is 7.11 Å². The molecular formula is C20H21BrN2O3. The summed E-state index contributed by atoms with van der Waals surface area (Å²) in [6.45, 7) is 2.02. The SMILES string of the molecule is COc1ccc(CN2C(=O)N[C@@](C)(CCc3ccccc3)C2=O)cc1Br. The number of imide groups is 1. The quantitative estimate of drug-likeness (QED) is 0.726. The number of aryl methyl sites for hydroxylation is 1. The van der Waals surface area contributed by atoms with Gasteiger partial charge in [-0.15, -0.1) is 0 Å². The second-order valence-corrected chi connectivity index (χ2v) is 7.46. The van der Waals surface area contributed by atoms with Gasteiger partial charge in [0, 0.05) is 0 Å². The number of methoxy groups -OCH3 is 1. The van der Waals surface area contributed by atoms with Gasteiger partial charge in [-0.3, -0.25) is 9.69 Å². The van der Waals surface area contributed by atoms with E-state index in [2.05, 4.69) is 21.2 Å². The highest BCUT2D eigenvalue weighted by Crippen LogP contribution is 2.28. The highest BCUT2D eigenvalue weighted by molar-refractivity contribution is 9.10. The molecule has 6 heteroatoms. The first-order chi connectivity index (χ1) is 12.4. The molecule has 1 atom stereocenters. The van der Waals surface area contributed by atoms with E-state index in [1.165, 1.54) is 4.90 Å². The van der Waals surface area contributed by atoms with E-state index >= 15 is 0 Å². The molecule has 1 aliphatic heterocycles. The van der Waals surface area contributed by atoms with Crippen molar-refractivity contribution in [1.29, 1.82) is 0 Å². The number of hydrogen-bond donors (Lipinski definition) is 1. The van der Waals surface area contributed by atoms with E-state index in [-0.39, 0.29) is 18.5 Å². The van der Waals surface area contributed by atoms with Gasteiger partial charge in [-0.05, 0) is 59.0 Å². The lowest BCUT2D eigenvalue weighted by atomic mass is 9.93. The topological polar surface area (TPSA) is 58.6 Å². The maximum Gasteiger partial charge on any atom is 0.325 e. The monoisotopic (exact) mass is 416 g/mol. The third-order valence-electron chi connectivity index (χ3n) is 4.66. The lowest BCUT2D eigenvalue weighted by Gasteiger charge is -2.21. The van der Waals surface area contributed by atoms with E-state index in [4.69, 9.17) is 4.74 Å². The van der Waals surface area contributed by atoms with Crippen LogP contribution in [0.5, 0.6) is 5.75 Å². The number of ether oxygens (including phenoxy) is 1. The standard InChI is InChI=1S/C20H21BrN2O3/c1-20(11-10-14-6-4-3-5-7-14)18(24)23(19(25)22-20)13-15-8-9-17(26-2)16(21)12-15/h3-9,12H,10-11,13H2,1-2H3,(H,22,25)/t20-/m0/s1. The van der Waals surface area contributed by atoms with Crippen LogP contribution >= 0.6 is 15.9 Å². The Morgan fingerprint density at radius 2 is 1.85 bits per heavy atom. The Bertz CT molecular complexity index is 825. The molecule has 1 fully saturated rings. The van der Waals surface area contributed by atoms with Crippen molar-refractivity contribution in [3.63, 3.8) is 0 Å². The van der Waals surface area contributed by atoms with E-state index in [9.17, 15) is 9.59 Å². The first-order valence-corrected chi connectivity index (χ1v) is 9.23. The first-order valence-electron chi connectivity index (χ1n) is 8.43. The summed E-state index contributed by atoms with van der Waals surface area (Å²) in [6.07, 6.45) is 1.29. The van der Waals surface area contributed by atoms with E-state index in [1.807, 2.05) is 48.5 Å². The number of carbonyl (C=O) groups excluding carboxylic acids is 2.